The highest BCUT2D eigenvalue weighted by Gasteiger charge is 2.33. The lowest BCUT2D eigenvalue weighted by Crippen LogP contribution is -2.47. The van der Waals surface area contributed by atoms with Gasteiger partial charge in [-0.2, -0.15) is 4.31 Å². The number of piperidine rings is 1. The predicted molar refractivity (Wildman–Crippen MR) is 72.0 cm³/mol. The first kappa shape index (κ1) is 14.7. The zero-order chi connectivity index (χ0) is 14.0. The maximum atomic E-state index is 13.3. The van der Waals surface area contributed by atoms with Crippen LogP contribution in [0, 0.1) is 5.82 Å². The highest BCUT2D eigenvalue weighted by atomic mass is 35.5. The molecule has 1 saturated heterocycles. The second-order valence-corrected chi connectivity index (χ2v) is 6.93. The van der Waals surface area contributed by atoms with Gasteiger partial charge < -0.3 is 5.73 Å². The van der Waals surface area contributed by atoms with Crippen molar-refractivity contribution in [3.05, 3.63) is 29.0 Å². The van der Waals surface area contributed by atoms with E-state index in [9.17, 15) is 12.8 Å². The largest absolute Gasteiger partial charge is 0.329 e. The van der Waals surface area contributed by atoms with E-state index in [0.717, 1.165) is 31.4 Å². The lowest BCUT2D eigenvalue weighted by atomic mass is 10.1. The minimum absolute atomic E-state index is 0.0693. The molecule has 0 spiro atoms. The smallest absolute Gasteiger partial charge is 0.243 e. The van der Waals surface area contributed by atoms with Gasteiger partial charge in [0.05, 0.1) is 4.90 Å². The van der Waals surface area contributed by atoms with Gasteiger partial charge in [0.25, 0.3) is 0 Å². The second kappa shape index (κ2) is 5.75. The summed E-state index contributed by atoms with van der Waals surface area (Å²) in [6.07, 6.45) is 2.48. The first-order chi connectivity index (χ1) is 8.95. The summed E-state index contributed by atoms with van der Waals surface area (Å²) in [6, 6.07) is 3.11. The maximum absolute atomic E-state index is 13.3. The van der Waals surface area contributed by atoms with Crippen molar-refractivity contribution in [2.45, 2.75) is 30.2 Å². The van der Waals surface area contributed by atoms with E-state index in [1.165, 1.54) is 10.4 Å². The Balaban J connectivity index is 2.40. The van der Waals surface area contributed by atoms with Gasteiger partial charge in [-0.25, -0.2) is 12.8 Å². The normalized spacial score (nSPS) is 21.5. The van der Waals surface area contributed by atoms with Gasteiger partial charge in [0.1, 0.15) is 5.82 Å². The van der Waals surface area contributed by atoms with Crippen molar-refractivity contribution in [1.82, 2.24) is 4.31 Å². The molecule has 0 aliphatic carbocycles. The Kier molecular flexibility index (Phi) is 4.45. The zero-order valence-corrected chi connectivity index (χ0v) is 11.9. The van der Waals surface area contributed by atoms with Crippen LogP contribution in [0.1, 0.15) is 19.3 Å². The van der Waals surface area contributed by atoms with Gasteiger partial charge in [-0.05, 0) is 31.0 Å². The first-order valence-corrected chi connectivity index (χ1v) is 7.95. The highest BCUT2D eigenvalue weighted by molar-refractivity contribution is 7.89. The number of hydrogen-bond donors (Lipinski definition) is 1. The molecule has 2 rings (SSSR count). The van der Waals surface area contributed by atoms with Gasteiger partial charge in [0, 0.05) is 24.2 Å². The molecule has 1 atom stereocenters. The fourth-order valence-corrected chi connectivity index (χ4v) is 4.39. The molecule has 1 aliphatic heterocycles. The van der Waals surface area contributed by atoms with Crippen molar-refractivity contribution in [1.29, 1.82) is 0 Å². The Morgan fingerprint density at radius 2 is 2.11 bits per heavy atom. The second-order valence-electron chi connectivity index (χ2n) is 4.61. The zero-order valence-electron chi connectivity index (χ0n) is 10.4. The molecule has 1 aliphatic rings. The summed E-state index contributed by atoms with van der Waals surface area (Å²) in [5.74, 6) is -0.660. The molecule has 0 radical (unpaired) electrons. The summed E-state index contributed by atoms with van der Waals surface area (Å²) in [6.45, 7) is 0.681. The van der Waals surface area contributed by atoms with E-state index in [0.29, 0.717) is 6.54 Å². The molecule has 1 aromatic carbocycles. The first-order valence-electron chi connectivity index (χ1n) is 6.13. The van der Waals surface area contributed by atoms with Gasteiger partial charge in [-0.3, -0.25) is 0 Å². The highest BCUT2D eigenvalue weighted by Crippen LogP contribution is 2.27. The summed E-state index contributed by atoms with van der Waals surface area (Å²) in [7, 11) is -3.74. The van der Waals surface area contributed by atoms with E-state index in [2.05, 4.69) is 0 Å². The standard InChI is InChI=1S/C12H16ClFN2O2S/c13-9-5-10(14)7-12(6-9)19(17,18)16-4-2-1-3-11(16)8-15/h5-7,11H,1-4,8,15H2. The Hall–Kier alpha value is -0.690. The van der Waals surface area contributed by atoms with Crippen molar-refractivity contribution in [3.63, 3.8) is 0 Å². The van der Waals surface area contributed by atoms with Gasteiger partial charge >= 0.3 is 0 Å². The van der Waals surface area contributed by atoms with E-state index in [1.54, 1.807) is 0 Å². The van der Waals surface area contributed by atoms with Crippen LogP contribution in [-0.4, -0.2) is 31.9 Å². The Morgan fingerprint density at radius 3 is 2.74 bits per heavy atom. The number of halogens is 2. The predicted octanol–water partition coefficient (Wildman–Crippen LogP) is 1.98. The third-order valence-electron chi connectivity index (χ3n) is 3.29. The molecule has 19 heavy (non-hydrogen) atoms. The van der Waals surface area contributed by atoms with Crippen molar-refractivity contribution in [2.24, 2.45) is 5.73 Å². The van der Waals surface area contributed by atoms with Crippen LogP contribution in [0.5, 0.6) is 0 Å². The molecule has 0 saturated carbocycles. The van der Waals surface area contributed by atoms with Crippen LogP contribution in [0.4, 0.5) is 4.39 Å². The number of nitrogens with zero attached hydrogens (tertiary/aromatic N) is 1. The van der Waals surface area contributed by atoms with E-state index in [-0.39, 0.29) is 22.5 Å². The fourth-order valence-electron chi connectivity index (χ4n) is 2.34. The number of hydrogen-bond acceptors (Lipinski definition) is 3. The third kappa shape index (κ3) is 3.08. The molecule has 7 heteroatoms. The average molecular weight is 307 g/mol. The van der Waals surface area contributed by atoms with Crippen LogP contribution in [0.25, 0.3) is 0 Å². The van der Waals surface area contributed by atoms with E-state index < -0.39 is 15.8 Å². The molecular formula is C12H16ClFN2O2S. The average Bonchev–Trinajstić information content (AvgIpc) is 2.37. The number of nitrogens with two attached hydrogens (primary N) is 1. The van der Waals surface area contributed by atoms with E-state index in [1.807, 2.05) is 0 Å². The van der Waals surface area contributed by atoms with Crippen LogP contribution in [0.3, 0.4) is 0 Å². The molecule has 4 nitrogen and oxygen atoms in total. The number of rotatable bonds is 3. The Labute approximate surface area is 117 Å². The molecule has 1 unspecified atom stereocenters. The minimum atomic E-state index is -3.74. The maximum Gasteiger partial charge on any atom is 0.243 e. The van der Waals surface area contributed by atoms with Crippen molar-refractivity contribution >= 4 is 21.6 Å². The van der Waals surface area contributed by atoms with Crippen molar-refractivity contribution in [3.8, 4) is 0 Å². The van der Waals surface area contributed by atoms with Crippen LogP contribution in [-0.2, 0) is 10.0 Å². The van der Waals surface area contributed by atoms with E-state index >= 15 is 0 Å². The Morgan fingerprint density at radius 1 is 1.37 bits per heavy atom. The third-order valence-corrected chi connectivity index (χ3v) is 5.44. The lowest BCUT2D eigenvalue weighted by molar-refractivity contribution is 0.257. The van der Waals surface area contributed by atoms with Gasteiger partial charge in [-0.1, -0.05) is 18.0 Å². The Bertz CT molecular complexity index is 545. The number of sulfonamides is 1. The summed E-state index contributed by atoms with van der Waals surface area (Å²) in [4.78, 5) is -0.113. The van der Waals surface area contributed by atoms with Gasteiger partial charge in [0.15, 0.2) is 0 Å². The summed E-state index contributed by atoms with van der Waals surface area (Å²) < 4.78 is 39.7. The number of benzene rings is 1. The van der Waals surface area contributed by atoms with E-state index in [4.69, 9.17) is 17.3 Å². The minimum Gasteiger partial charge on any atom is -0.329 e. The lowest BCUT2D eigenvalue weighted by Gasteiger charge is -2.33. The summed E-state index contributed by atoms with van der Waals surface area (Å²) in [5, 5.41) is 0.0693. The fraction of sp³-hybridized carbons (Fsp3) is 0.500. The van der Waals surface area contributed by atoms with Crippen LogP contribution < -0.4 is 5.73 Å². The molecule has 1 fully saturated rings. The molecular weight excluding hydrogens is 291 g/mol. The summed E-state index contributed by atoms with van der Waals surface area (Å²) >= 11 is 5.72. The van der Waals surface area contributed by atoms with Crippen LogP contribution in [0.2, 0.25) is 5.02 Å². The molecule has 106 valence electrons. The molecule has 0 bridgehead atoms. The summed E-state index contributed by atoms with van der Waals surface area (Å²) in [5.41, 5.74) is 5.62. The van der Waals surface area contributed by atoms with Crippen molar-refractivity contribution in [2.75, 3.05) is 13.1 Å². The van der Waals surface area contributed by atoms with Gasteiger partial charge in [0.2, 0.25) is 10.0 Å². The molecule has 0 amide bonds. The van der Waals surface area contributed by atoms with Crippen molar-refractivity contribution < 1.29 is 12.8 Å². The van der Waals surface area contributed by atoms with Gasteiger partial charge in [-0.15, -0.1) is 0 Å². The SMILES string of the molecule is NCC1CCCCN1S(=O)(=O)c1cc(F)cc(Cl)c1. The monoisotopic (exact) mass is 306 g/mol. The van der Waals surface area contributed by atoms with Crippen LogP contribution >= 0.6 is 11.6 Å². The topological polar surface area (TPSA) is 63.4 Å². The molecule has 2 N–H and O–H groups in total. The molecule has 0 aromatic heterocycles. The molecule has 1 aromatic rings. The molecule has 1 heterocycles. The van der Waals surface area contributed by atoms with Crippen LogP contribution in [0.15, 0.2) is 23.1 Å². The quantitative estimate of drug-likeness (QED) is 0.929.